The van der Waals surface area contributed by atoms with Gasteiger partial charge in [-0.2, -0.15) is 0 Å². The van der Waals surface area contributed by atoms with E-state index in [0.29, 0.717) is 28.3 Å². The average molecular weight is 366 g/mol. The van der Waals surface area contributed by atoms with E-state index in [2.05, 4.69) is 10.3 Å². The van der Waals surface area contributed by atoms with E-state index in [9.17, 15) is 9.59 Å². The fraction of sp³-hybridized carbons (Fsp3) is 0.150. The molecule has 0 spiro atoms. The van der Waals surface area contributed by atoms with Crippen LogP contribution in [0.4, 0.5) is 5.69 Å². The lowest BCUT2D eigenvalue weighted by Crippen LogP contribution is -2.20. The Kier molecular flexibility index (Phi) is 4.09. The van der Waals surface area contributed by atoms with Crippen molar-refractivity contribution in [3.05, 3.63) is 69.2 Å². The quantitative estimate of drug-likeness (QED) is 0.747. The first-order valence-corrected chi connectivity index (χ1v) is 8.68. The summed E-state index contributed by atoms with van der Waals surface area (Å²) in [6.45, 7) is 2.10. The van der Waals surface area contributed by atoms with Crippen LogP contribution in [0.25, 0.3) is 22.6 Å². The van der Waals surface area contributed by atoms with Gasteiger partial charge < -0.3 is 5.32 Å². The molecule has 0 radical (unpaired) electrons. The van der Waals surface area contributed by atoms with Crippen molar-refractivity contribution in [3.63, 3.8) is 0 Å². The molecule has 1 amide bonds. The number of hydrogen-bond acceptors (Lipinski definition) is 3. The topological polar surface area (TPSA) is 64.0 Å². The number of carbonyl (C=O) groups excluding carboxylic acids is 1. The maximum absolute atomic E-state index is 12.7. The molecule has 26 heavy (non-hydrogen) atoms. The van der Waals surface area contributed by atoms with Gasteiger partial charge in [0.2, 0.25) is 5.91 Å². The maximum atomic E-state index is 12.7. The predicted molar refractivity (Wildman–Crippen MR) is 104 cm³/mol. The predicted octanol–water partition coefficient (Wildman–Crippen LogP) is 3.95. The average Bonchev–Trinajstić information content (AvgIpc) is 2.99. The molecule has 4 rings (SSSR count). The second-order valence-corrected chi connectivity index (χ2v) is 6.71. The standard InChI is InChI=1S/C20H16ClN3O2/c1-12(25)22-16-5-2-13(3-6-16)10-14-8-9-24-19(14)23-18-11-15(21)4-7-17(18)20(24)26/h2-7,10-11H,8-9H2,1H3,(H,22,25)/b14-10-. The van der Waals surface area contributed by atoms with E-state index in [1.807, 2.05) is 30.3 Å². The van der Waals surface area contributed by atoms with Gasteiger partial charge in [0.05, 0.1) is 10.9 Å². The Morgan fingerprint density at radius 1 is 1.23 bits per heavy atom. The number of nitrogens with one attached hydrogen (secondary N) is 1. The summed E-state index contributed by atoms with van der Waals surface area (Å²) >= 11 is 6.05. The largest absolute Gasteiger partial charge is 0.326 e. The fourth-order valence-electron chi connectivity index (χ4n) is 3.19. The number of fused-ring (bicyclic) bond motifs is 2. The molecule has 1 aliphatic rings. The van der Waals surface area contributed by atoms with Crippen molar-refractivity contribution in [1.82, 2.24) is 9.55 Å². The molecule has 6 heteroatoms. The molecule has 1 aliphatic heterocycles. The smallest absolute Gasteiger partial charge is 0.261 e. The first-order chi connectivity index (χ1) is 12.5. The highest BCUT2D eigenvalue weighted by atomic mass is 35.5. The van der Waals surface area contributed by atoms with Gasteiger partial charge in [-0.05, 0) is 54.0 Å². The lowest BCUT2D eigenvalue weighted by Gasteiger charge is -2.06. The highest BCUT2D eigenvalue weighted by molar-refractivity contribution is 6.31. The lowest BCUT2D eigenvalue weighted by molar-refractivity contribution is -0.114. The summed E-state index contributed by atoms with van der Waals surface area (Å²) in [6, 6.07) is 12.7. The number of hydrogen-bond donors (Lipinski definition) is 1. The molecule has 0 aliphatic carbocycles. The van der Waals surface area contributed by atoms with Crippen molar-refractivity contribution in [3.8, 4) is 0 Å². The van der Waals surface area contributed by atoms with Gasteiger partial charge in [-0.15, -0.1) is 0 Å². The summed E-state index contributed by atoms with van der Waals surface area (Å²) in [7, 11) is 0. The molecule has 0 unspecified atom stereocenters. The van der Waals surface area contributed by atoms with Gasteiger partial charge in [0.25, 0.3) is 5.56 Å². The van der Waals surface area contributed by atoms with E-state index in [0.717, 1.165) is 23.2 Å². The number of allylic oxidation sites excluding steroid dienone is 1. The molecule has 2 heterocycles. The summed E-state index contributed by atoms with van der Waals surface area (Å²) in [6.07, 6.45) is 2.78. The van der Waals surface area contributed by atoms with Crippen molar-refractivity contribution < 1.29 is 4.79 Å². The van der Waals surface area contributed by atoms with Crippen molar-refractivity contribution >= 4 is 45.7 Å². The Balaban J connectivity index is 1.75. The van der Waals surface area contributed by atoms with Gasteiger partial charge in [-0.3, -0.25) is 14.2 Å². The summed E-state index contributed by atoms with van der Waals surface area (Å²) < 4.78 is 1.72. The molecule has 0 bridgehead atoms. The van der Waals surface area contributed by atoms with Crippen LogP contribution in [-0.4, -0.2) is 15.5 Å². The third kappa shape index (κ3) is 3.02. The number of aromatic nitrogens is 2. The molecule has 5 nitrogen and oxygen atoms in total. The second kappa shape index (κ2) is 6.42. The van der Waals surface area contributed by atoms with E-state index in [1.54, 1.807) is 22.8 Å². The van der Waals surface area contributed by atoms with Crippen LogP contribution in [0.3, 0.4) is 0 Å². The molecule has 0 atom stereocenters. The van der Waals surface area contributed by atoms with E-state index in [-0.39, 0.29) is 11.5 Å². The molecular weight excluding hydrogens is 350 g/mol. The lowest BCUT2D eigenvalue weighted by atomic mass is 10.1. The molecule has 1 aromatic heterocycles. The molecule has 0 fully saturated rings. The zero-order valence-electron chi connectivity index (χ0n) is 14.1. The number of anilines is 1. The summed E-state index contributed by atoms with van der Waals surface area (Å²) in [5.74, 6) is 0.589. The van der Waals surface area contributed by atoms with Crippen LogP contribution in [0.5, 0.6) is 0 Å². The van der Waals surface area contributed by atoms with Gasteiger partial charge in [-0.1, -0.05) is 23.7 Å². The Morgan fingerprint density at radius 3 is 2.73 bits per heavy atom. The van der Waals surface area contributed by atoms with Crippen LogP contribution >= 0.6 is 11.6 Å². The zero-order valence-corrected chi connectivity index (χ0v) is 14.9. The normalized spacial score (nSPS) is 14.6. The summed E-state index contributed by atoms with van der Waals surface area (Å²) in [4.78, 5) is 28.5. The van der Waals surface area contributed by atoms with E-state index in [4.69, 9.17) is 11.6 Å². The van der Waals surface area contributed by atoms with Crippen LogP contribution in [0.2, 0.25) is 5.02 Å². The highest BCUT2D eigenvalue weighted by Crippen LogP contribution is 2.28. The minimum absolute atomic E-state index is 0.0360. The fourth-order valence-corrected chi connectivity index (χ4v) is 3.36. The molecule has 130 valence electrons. The third-order valence-corrected chi connectivity index (χ3v) is 4.62. The maximum Gasteiger partial charge on any atom is 0.261 e. The first kappa shape index (κ1) is 16.5. The van der Waals surface area contributed by atoms with Crippen LogP contribution < -0.4 is 10.9 Å². The van der Waals surface area contributed by atoms with Gasteiger partial charge in [0.1, 0.15) is 5.82 Å². The zero-order chi connectivity index (χ0) is 18.3. The molecule has 3 aromatic rings. The SMILES string of the molecule is CC(=O)Nc1ccc(/C=C2/CCn3c2nc2cc(Cl)ccc2c3=O)cc1. The Bertz CT molecular complexity index is 1110. The number of carbonyl (C=O) groups is 1. The van der Waals surface area contributed by atoms with Crippen LogP contribution in [-0.2, 0) is 11.3 Å². The molecule has 0 saturated heterocycles. The van der Waals surface area contributed by atoms with Crippen molar-refractivity contribution in [2.75, 3.05) is 5.32 Å². The third-order valence-electron chi connectivity index (χ3n) is 4.38. The van der Waals surface area contributed by atoms with Crippen LogP contribution in [0.1, 0.15) is 24.7 Å². The Labute approximate surface area is 154 Å². The number of benzene rings is 2. The number of nitrogens with zero attached hydrogens (tertiary/aromatic N) is 2. The summed E-state index contributed by atoms with van der Waals surface area (Å²) in [5, 5.41) is 3.89. The van der Waals surface area contributed by atoms with Crippen molar-refractivity contribution in [2.24, 2.45) is 0 Å². The minimum atomic E-state index is -0.102. The van der Waals surface area contributed by atoms with Gasteiger partial charge in [-0.25, -0.2) is 4.98 Å². The molecule has 0 saturated carbocycles. The molecule has 2 aromatic carbocycles. The second-order valence-electron chi connectivity index (χ2n) is 6.28. The highest BCUT2D eigenvalue weighted by Gasteiger charge is 2.20. The summed E-state index contributed by atoms with van der Waals surface area (Å²) in [5.41, 5.74) is 3.33. The van der Waals surface area contributed by atoms with Crippen LogP contribution in [0.15, 0.2) is 47.3 Å². The van der Waals surface area contributed by atoms with Gasteiger partial charge in [0, 0.05) is 24.2 Å². The van der Waals surface area contributed by atoms with Crippen molar-refractivity contribution in [2.45, 2.75) is 19.9 Å². The number of halogens is 1. The van der Waals surface area contributed by atoms with E-state index in [1.165, 1.54) is 6.92 Å². The number of amides is 1. The van der Waals surface area contributed by atoms with Gasteiger partial charge in [0.15, 0.2) is 0 Å². The van der Waals surface area contributed by atoms with E-state index >= 15 is 0 Å². The van der Waals surface area contributed by atoms with Gasteiger partial charge >= 0.3 is 0 Å². The molecular formula is C20H16ClN3O2. The van der Waals surface area contributed by atoms with Crippen LogP contribution in [0, 0.1) is 0 Å². The van der Waals surface area contributed by atoms with E-state index < -0.39 is 0 Å². The Morgan fingerprint density at radius 2 is 2.00 bits per heavy atom. The monoisotopic (exact) mass is 365 g/mol. The number of rotatable bonds is 2. The first-order valence-electron chi connectivity index (χ1n) is 8.30. The minimum Gasteiger partial charge on any atom is -0.326 e. The van der Waals surface area contributed by atoms with Crippen molar-refractivity contribution in [1.29, 1.82) is 0 Å². The molecule has 1 N–H and O–H groups in total. The Hall–Kier alpha value is -2.92.